The van der Waals surface area contributed by atoms with E-state index in [4.69, 9.17) is 5.73 Å². The number of likely N-dealkylation sites (tertiary alicyclic amines) is 1. The summed E-state index contributed by atoms with van der Waals surface area (Å²) in [6.45, 7) is 7.94. The van der Waals surface area contributed by atoms with Crippen LogP contribution in [0.5, 0.6) is 0 Å². The Labute approximate surface area is 127 Å². The number of nitrogens with zero attached hydrogens (tertiary/aromatic N) is 2. The third kappa shape index (κ3) is 2.73. The quantitative estimate of drug-likeness (QED) is 0.930. The smallest absolute Gasteiger partial charge is 0.255 e. The van der Waals surface area contributed by atoms with Crippen molar-refractivity contribution in [3.8, 4) is 0 Å². The Bertz CT molecular complexity index is 542. The molecule has 1 saturated heterocycles. The number of carbonyl (C=O) groups is 1. The molecule has 1 aliphatic carbocycles. The lowest BCUT2D eigenvalue weighted by Gasteiger charge is -2.34. The summed E-state index contributed by atoms with van der Waals surface area (Å²) in [6.07, 6.45) is 4.71. The molecule has 2 atom stereocenters. The van der Waals surface area contributed by atoms with E-state index in [0.29, 0.717) is 12.0 Å². The fraction of sp³-hybridized carbons (Fsp3) is 0.706. The van der Waals surface area contributed by atoms with Crippen molar-refractivity contribution in [2.45, 2.75) is 58.5 Å². The first-order valence-electron chi connectivity index (χ1n) is 8.22. The normalized spacial score (nSPS) is 24.2. The zero-order chi connectivity index (χ0) is 15.1. The Morgan fingerprint density at radius 3 is 2.67 bits per heavy atom. The monoisotopic (exact) mass is 289 g/mol. The molecule has 2 fully saturated rings. The van der Waals surface area contributed by atoms with Gasteiger partial charge in [0.05, 0.1) is 5.56 Å². The fourth-order valence-corrected chi connectivity index (χ4v) is 3.68. The van der Waals surface area contributed by atoms with Gasteiger partial charge < -0.3 is 15.2 Å². The molecule has 0 bridgehead atoms. The number of hydrogen-bond donors (Lipinski definition) is 1. The lowest BCUT2D eigenvalue weighted by molar-refractivity contribution is 0.0660. The van der Waals surface area contributed by atoms with Crippen LogP contribution in [0.4, 0.5) is 0 Å². The Morgan fingerprint density at radius 2 is 2.05 bits per heavy atom. The third-order valence-corrected chi connectivity index (χ3v) is 5.12. The van der Waals surface area contributed by atoms with Crippen molar-refractivity contribution in [2.24, 2.45) is 11.7 Å². The van der Waals surface area contributed by atoms with Crippen LogP contribution in [0.25, 0.3) is 0 Å². The molecule has 4 heteroatoms. The zero-order valence-corrected chi connectivity index (χ0v) is 13.4. The molecule has 1 amide bonds. The molecule has 116 valence electrons. The largest absolute Gasteiger partial charge is 0.345 e. The van der Waals surface area contributed by atoms with E-state index >= 15 is 0 Å². The SMILES string of the molecule is Cc1cc(C(=O)N2CCC[C@@H]([C@H](C)N)C2)c(C)n1C1CC1. The van der Waals surface area contributed by atoms with E-state index in [2.05, 4.69) is 31.4 Å². The standard InChI is InChI=1S/C17H27N3O/c1-11-9-16(13(3)20(11)15-6-7-15)17(21)19-8-4-5-14(10-19)12(2)18/h9,12,14-15H,4-8,10,18H2,1-3H3/t12-,14+/m0/s1. The summed E-state index contributed by atoms with van der Waals surface area (Å²) in [5, 5.41) is 0. The van der Waals surface area contributed by atoms with Gasteiger partial charge in [-0.05, 0) is 58.4 Å². The summed E-state index contributed by atoms with van der Waals surface area (Å²) in [4.78, 5) is 14.9. The minimum atomic E-state index is 0.166. The molecule has 1 aromatic heterocycles. The highest BCUT2D eigenvalue weighted by molar-refractivity contribution is 5.95. The van der Waals surface area contributed by atoms with Gasteiger partial charge in [0.2, 0.25) is 0 Å². The van der Waals surface area contributed by atoms with Gasteiger partial charge in [-0.3, -0.25) is 4.79 Å². The lowest BCUT2D eigenvalue weighted by Crippen LogP contribution is -2.45. The second-order valence-corrected chi connectivity index (χ2v) is 6.90. The van der Waals surface area contributed by atoms with Gasteiger partial charge in [-0.2, -0.15) is 0 Å². The van der Waals surface area contributed by atoms with Gasteiger partial charge in [-0.1, -0.05) is 0 Å². The van der Waals surface area contributed by atoms with Gasteiger partial charge in [0.25, 0.3) is 5.91 Å². The molecule has 1 aromatic rings. The number of piperidine rings is 1. The van der Waals surface area contributed by atoms with Crippen LogP contribution in [0.1, 0.15) is 60.4 Å². The Hall–Kier alpha value is -1.29. The van der Waals surface area contributed by atoms with Crippen molar-refractivity contribution in [3.63, 3.8) is 0 Å². The molecule has 2 N–H and O–H groups in total. The van der Waals surface area contributed by atoms with Crippen LogP contribution in [-0.2, 0) is 0 Å². The molecule has 0 radical (unpaired) electrons. The number of carbonyl (C=O) groups excluding carboxylic acids is 1. The molecule has 2 aliphatic rings. The molecule has 0 unspecified atom stereocenters. The highest BCUT2D eigenvalue weighted by Gasteiger charge is 2.31. The molecule has 0 aromatic carbocycles. The van der Waals surface area contributed by atoms with Gasteiger partial charge in [0, 0.05) is 36.6 Å². The van der Waals surface area contributed by atoms with Crippen LogP contribution in [0, 0.1) is 19.8 Å². The van der Waals surface area contributed by atoms with Crippen molar-refractivity contribution in [1.29, 1.82) is 0 Å². The maximum atomic E-state index is 12.9. The molecule has 21 heavy (non-hydrogen) atoms. The molecule has 1 saturated carbocycles. The molecular weight excluding hydrogens is 262 g/mol. The average Bonchev–Trinajstić information content (AvgIpc) is 3.24. The molecule has 0 spiro atoms. The summed E-state index contributed by atoms with van der Waals surface area (Å²) in [5.74, 6) is 0.634. The van der Waals surface area contributed by atoms with Gasteiger partial charge >= 0.3 is 0 Å². The summed E-state index contributed by atoms with van der Waals surface area (Å²) >= 11 is 0. The first-order chi connectivity index (χ1) is 9.99. The highest BCUT2D eigenvalue weighted by Crippen LogP contribution is 2.38. The summed E-state index contributed by atoms with van der Waals surface area (Å²) in [7, 11) is 0. The van der Waals surface area contributed by atoms with Crippen molar-refractivity contribution < 1.29 is 4.79 Å². The molecule has 4 nitrogen and oxygen atoms in total. The van der Waals surface area contributed by atoms with Gasteiger partial charge in [0.15, 0.2) is 0 Å². The van der Waals surface area contributed by atoms with E-state index < -0.39 is 0 Å². The first-order valence-corrected chi connectivity index (χ1v) is 8.22. The van der Waals surface area contributed by atoms with E-state index in [1.54, 1.807) is 0 Å². The fourth-order valence-electron chi connectivity index (χ4n) is 3.68. The van der Waals surface area contributed by atoms with E-state index in [1.807, 2.05) is 4.90 Å². The number of amides is 1. The summed E-state index contributed by atoms with van der Waals surface area (Å²) < 4.78 is 2.35. The minimum absolute atomic E-state index is 0.166. The molecule has 3 rings (SSSR count). The minimum Gasteiger partial charge on any atom is -0.345 e. The van der Waals surface area contributed by atoms with Crippen LogP contribution in [0.15, 0.2) is 6.07 Å². The Kier molecular flexibility index (Phi) is 3.82. The Balaban J connectivity index is 1.80. The summed E-state index contributed by atoms with van der Waals surface area (Å²) in [5.41, 5.74) is 9.29. The average molecular weight is 289 g/mol. The van der Waals surface area contributed by atoms with Crippen LogP contribution >= 0.6 is 0 Å². The second-order valence-electron chi connectivity index (χ2n) is 6.90. The van der Waals surface area contributed by atoms with Crippen LogP contribution in [0.2, 0.25) is 0 Å². The van der Waals surface area contributed by atoms with Gasteiger partial charge in [-0.15, -0.1) is 0 Å². The lowest BCUT2D eigenvalue weighted by atomic mass is 9.92. The van der Waals surface area contributed by atoms with Crippen LogP contribution < -0.4 is 5.73 Å². The molecule has 1 aliphatic heterocycles. The molecular formula is C17H27N3O. The summed E-state index contributed by atoms with van der Waals surface area (Å²) in [6, 6.07) is 2.87. The maximum Gasteiger partial charge on any atom is 0.255 e. The zero-order valence-electron chi connectivity index (χ0n) is 13.4. The third-order valence-electron chi connectivity index (χ3n) is 5.12. The Morgan fingerprint density at radius 1 is 1.33 bits per heavy atom. The van der Waals surface area contributed by atoms with E-state index in [9.17, 15) is 4.79 Å². The van der Waals surface area contributed by atoms with Crippen molar-refractivity contribution in [1.82, 2.24) is 9.47 Å². The topological polar surface area (TPSA) is 51.3 Å². The van der Waals surface area contributed by atoms with E-state index in [-0.39, 0.29) is 11.9 Å². The van der Waals surface area contributed by atoms with Crippen molar-refractivity contribution >= 4 is 5.91 Å². The highest BCUT2D eigenvalue weighted by atomic mass is 16.2. The first kappa shape index (κ1) is 14.6. The van der Waals surface area contributed by atoms with Crippen LogP contribution in [0.3, 0.4) is 0 Å². The van der Waals surface area contributed by atoms with E-state index in [1.165, 1.54) is 18.5 Å². The van der Waals surface area contributed by atoms with Crippen molar-refractivity contribution in [2.75, 3.05) is 13.1 Å². The number of aryl methyl sites for hydroxylation is 1. The molecule has 2 heterocycles. The van der Waals surface area contributed by atoms with Gasteiger partial charge in [0.1, 0.15) is 0 Å². The van der Waals surface area contributed by atoms with E-state index in [0.717, 1.165) is 37.2 Å². The predicted molar refractivity (Wildman–Crippen MR) is 84.5 cm³/mol. The number of aromatic nitrogens is 1. The maximum absolute atomic E-state index is 12.9. The van der Waals surface area contributed by atoms with Crippen molar-refractivity contribution in [3.05, 3.63) is 23.0 Å². The number of hydrogen-bond acceptors (Lipinski definition) is 2. The predicted octanol–water partition coefficient (Wildman–Crippen LogP) is 2.64. The second kappa shape index (κ2) is 5.48. The van der Waals surface area contributed by atoms with Crippen LogP contribution in [-0.4, -0.2) is 34.5 Å². The number of rotatable bonds is 3. The number of nitrogens with two attached hydrogens (primary N) is 1. The van der Waals surface area contributed by atoms with Gasteiger partial charge in [-0.25, -0.2) is 0 Å².